The van der Waals surface area contributed by atoms with Crippen LogP contribution in [0.5, 0.6) is 0 Å². The first kappa shape index (κ1) is 10.2. The Morgan fingerprint density at radius 1 is 1.58 bits per heavy atom. The molecule has 0 radical (unpaired) electrons. The zero-order chi connectivity index (χ0) is 9.03. The summed E-state index contributed by atoms with van der Waals surface area (Å²) in [5.41, 5.74) is 0. The molecule has 0 amide bonds. The first-order chi connectivity index (χ1) is 5.64. The van der Waals surface area contributed by atoms with Gasteiger partial charge in [0.2, 0.25) is 0 Å². The molecule has 0 aliphatic heterocycles. The first-order valence-corrected chi connectivity index (χ1v) is 5.67. The highest BCUT2D eigenvalue weighted by Gasteiger charge is 2.21. The quantitative estimate of drug-likeness (QED) is 0.349. The molecule has 0 aromatic heterocycles. The van der Waals surface area contributed by atoms with E-state index in [2.05, 4.69) is 0 Å². The highest BCUT2D eigenvalue weighted by atomic mass is 31.2. The molecule has 1 saturated carbocycles. The van der Waals surface area contributed by atoms with Crippen LogP contribution in [-0.2, 0) is 9.09 Å². The largest absolute Gasteiger partial charge is 0.416 e. The lowest BCUT2D eigenvalue weighted by Crippen LogP contribution is -2.20. The zero-order valence-corrected chi connectivity index (χ0v) is 7.80. The van der Waals surface area contributed by atoms with Crippen molar-refractivity contribution in [3.8, 4) is 0 Å². The summed E-state index contributed by atoms with van der Waals surface area (Å²) in [4.78, 5) is 8.88. The maximum absolute atomic E-state index is 10.8. The van der Waals surface area contributed by atoms with E-state index in [1.165, 1.54) is 12.8 Å². The first-order valence-electron chi connectivity index (χ1n) is 4.09. The van der Waals surface area contributed by atoms with Gasteiger partial charge in [0.05, 0.1) is 6.61 Å². The van der Waals surface area contributed by atoms with E-state index in [1.807, 2.05) is 0 Å². The number of nitrogens with two attached hydrogens (primary N) is 1. The van der Waals surface area contributed by atoms with Gasteiger partial charge in [0.1, 0.15) is 0 Å². The predicted molar refractivity (Wildman–Crippen MR) is 45.1 cm³/mol. The zero-order valence-electron chi connectivity index (χ0n) is 6.90. The molecule has 0 aromatic rings. The predicted octanol–water partition coefficient (Wildman–Crippen LogP) is 0.757. The molecule has 1 atom stereocenters. The SMILES string of the molecule is NNP(=O)(O)OCC1CCCC1. The third-order valence-corrected chi connectivity index (χ3v) is 2.95. The summed E-state index contributed by atoms with van der Waals surface area (Å²) in [7, 11) is -3.70. The van der Waals surface area contributed by atoms with E-state index in [-0.39, 0.29) is 0 Å². The van der Waals surface area contributed by atoms with Crippen molar-refractivity contribution in [2.75, 3.05) is 6.61 Å². The lowest BCUT2D eigenvalue weighted by atomic mass is 10.1. The maximum Gasteiger partial charge on any atom is 0.416 e. The third kappa shape index (κ3) is 3.21. The Balaban J connectivity index is 2.20. The molecule has 1 unspecified atom stereocenters. The average molecular weight is 194 g/mol. The van der Waals surface area contributed by atoms with Crippen molar-refractivity contribution in [2.24, 2.45) is 11.8 Å². The van der Waals surface area contributed by atoms with E-state index >= 15 is 0 Å². The van der Waals surface area contributed by atoms with Crippen LogP contribution in [0.3, 0.4) is 0 Å². The molecular formula is C6H15N2O3P. The van der Waals surface area contributed by atoms with Gasteiger partial charge in [-0.25, -0.2) is 4.57 Å². The van der Waals surface area contributed by atoms with Crippen LogP contribution in [0.1, 0.15) is 25.7 Å². The molecular weight excluding hydrogens is 179 g/mol. The van der Waals surface area contributed by atoms with Crippen LogP contribution in [-0.4, -0.2) is 11.5 Å². The van der Waals surface area contributed by atoms with Crippen molar-refractivity contribution in [1.82, 2.24) is 5.20 Å². The van der Waals surface area contributed by atoms with Gasteiger partial charge in [0, 0.05) is 0 Å². The van der Waals surface area contributed by atoms with Crippen LogP contribution >= 0.6 is 7.75 Å². The van der Waals surface area contributed by atoms with E-state index in [4.69, 9.17) is 15.3 Å². The van der Waals surface area contributed by atoms with Crippen molar-refractivity contribution < 1.29 is 14.0 Å². The minimum absolute atomic E-state index is 0.331. The van der Waals surface area contributed by atoms with Gasteiger partial charge in [-0.2, -0.15) is 5.20 Å². The van der Waals surface area contributed by atoms with Crippen LogP contribution < -0.4 is 11.0 Å². The second-order valence-corrected chi connectivity index (χ2v) is 4.65. The molecule has 72 valence electrons. The smallest absolute Gasteiger partial charge is 0.312 e. The Bertz CT molecular complexity index is 182. The minimum atomic E-state index is -3.70. The van der Waals surface area contributed by atoms with E-state index in [1.54, 1.807) is 5.20 Å². The summed E-state index contributed by atoms with van der Waals surface area (Å²) in [5, 5.41) is 1.75. The molecule has 1 rings (SSSR count). The molecule has 0 aromatic carbocycles. The Morgan fingerprint density at radius 2 is 2.17 bits per heavy atom. The van der Waals surface area contributed by atoms with Crippen molar-refractivity contribution in [2.45, 2.75) is 25.7 Å². The summed E-state index contributed by atoms with van der Waals surface area (Å²) in [6, 6.07) is 0. The van der Waals surface area contributed by atoms with Crippen LogP contribution in [0.15, 0.2) is 0 Å². The van der Waals surface area contributed by atoms with Crippen LogP contribution in [0.2, 0.25) is 0 Å². The number of hydrogen-bond acceptors (Lipinski definition) is 3. The number of nitrogens with one attached hydrogen (secondary N) is 1. The van der Waals surface area contributed by atoms with Crippen molar-refractivity contribution in [1.29, 1.82) is 0 Å². The van der Waals surface area contributed by atoms with Crippen molar-refractivity contribution in [3.63, 3.8) is 0 Å². The second-order valence-electron chi connectivity index (χ2n) is 3.10. The molecule has 4 N–H and O–H groups in total. The second kappa shape index (κ2) is 4.35. The highest BCUT2D eigenvalue weighted by Crippen LogP contribution is 2.37. The van der Waals surface area contributed by atoms with E-state index in [0.717, 1.165) is 12.8 Å². The van der Waals surface area contributed by atoms with Crippen molar-refractivity contribution in [3.05, 3.63) is 0 Å². The number of hydrazine groups is 1. The van der Waals surface area contributed by atoms with Gasteiger partial charge in [0.15, 0.2) is 0 Å². The lowest BCUT2D eigenvalue weighted by molar-refractivity contribution is 0.210. The summed E-state index contributed by atoms with van der Waals surface area (Å²) in [5.74, 6) is 5.23. The van der Waals surface area contributed by atoms with Crippen molar-refractivity contribution >= 4 is 7.75 Å². The fourth-order valence-corrected chi connectivity index (χ4v) is 1.91. The van der Waals surface area contributed by atoms with Gasteiger partial charge >= 0.3 is 7.75 Å². The molecule has 0 saturated heterocycles. The van der Waals surface area contributed by atoms with E-state index in [9.17, 15) is 4.57 Å². The topological polar surface area (TPSA) is 84.6 Å². The third-order valence-electron chi connectivity index (χ3n) is 2.12. The van der Waals surface area contributed by atoms with Crippen LogP contribution in [0, 0.1) is 5.92 Å². The van der Waals surface area contributed by atoms with Gasteiger partial charge in [-0.3, -0.25) is 10.4 Å². The average Bonchev–Trinajstić information content (AvgIpc) is 2.53. The fraction of sp³-hybridized carbons (Fsp3) is 1.00. The Labute approximate surface area is 71.8 Å². The summed E-state index contributed by atoms with van der Waals surface area (Å²) in [6.07, 6.45) is 4.56. The van der Waals surface area contributed by atoms with E-state index < -0.39 is 7.75 Å². The van der Waals surface area contributed by atoms with Crippen LogP contribution in [0.4, 0.5) is 0 Å². The molecule has 0 spiro atoms. The Kier molecular flexibility index (Phi) is 3.68. The van der Waals surface area contributed by atoms with Gasteiger partial charge in [-0.05, 0) is 18.8 Å². The Hall–Kier alpha value is 0.0700. The van der Waals surface area contributed by atoms with Crippen LogP contribution in [0.25, 0.3) is 0 Å². The maximum atomic E-state index is 10.8. The number of rotatable bonds is 4. The lowest BCUT2D eigenvalue weighted by Gasteiger charge is -2.13. The molecule has 12 heavy (non-hydrogen) atoms. The molecule has 0 heterocycles. The van der Waals surface area contributed by atoms with Gasteiger partial charge in [-0.15, -0.1) is 0 Å². The fourth-order valence-electron chi connectivity index (χ4n) is 1.42. The van der Waals surface area contributed by atoms with Gasteiger partial charge < -0.3 is 4.89 Å². The minimum Gasteiger partial charge on any atom is -0.312 e. The molecule has 1 fully saturated rings. The molecule has 5 nitrogen and oxygen atoms in total. The summed E-state index contributed by atoms with van der Waals surface area (Å²) < 4.78 is 15.6. The normalized spacial score (nSPS) is 24.2. The van der Waals surface area contributed by atoms with Gasteiger partial charge in [-0.1, -0.05) is 12.8 Å². The summed E-state index contributed by atoms with van der Waals surface area (Å²) >= 11 is 0. The Morgan fingerprint density at radius 3 is 2.67 bits per heavy atom. The molecule has 6 heteroatoms. The molecule has 0 bridgehead atoms. The van der Waals surface area contributed by atoms with E-state index in [0.29, 0.717) is 12.5 Å². The standard InChI is InChI=1S/C6H15N2O3P/c7-8-12(9,10)11-5-6-3-1-2-4-6/h6H,1-5,7H2,(H2,8,9,10). The number of hydrogen-bond donors (Lipinski definition) is 3. The molecule has 1 aliphatic rings. The molecule has 1 aliphatic carbocycles. The summed E-state index contributed by atoms with van der Waals surface area (Å²) in [6.45, 7) is 0.331. The van der Waals surface area contributed by atoms with Gasteiger partial charge in [0.25, 0.3) is 0 Å². The highest BCUT2D eigenvalue weighted by molar-refractivity contribution is 7.50. The monoisotopic (exact) mass is 194 g/mol.